The van der Waals surface area contributed by atoms with Gasteiger partial charge in [0.1, 0.15) is 11.3 Å². The normalized spacial score (nSPS) is 20.1. The molecule has 2 aromatic heterocycles. The van der Waals surface area contributed by atoms with E-state index in [1.54, 1.807) is 15.4 Å². The molecule has 0 saturated carbocycles. The monoisotopic (exact) mass is 377 g/mol. The van der Waals surface area contributed by atoms with Crippen LogP contribution in [0, 0.1) is 6.92 Å². The van der Waals surface area contributed by atoms with E-state index in [1.807, 2.05) is 29.7 Å². The largest absolute Gasteiger partial charge is 0.335 e. The van der Waals surface area contributed by atoms with Crippen LogP contribution in [0.5, 0.6) is 0 Å². The maximum Gasteiger partial charge on any atom is 0.282 e. The van der Waals surface area contributed by atoms with Gasteiger partial charge < -0.3 is 9.30 Å². The van der Waals surface area contributed by atoms with E-state index < -0.39 is 10.2 Å². The van der Waals surface area contributed by atoms with E-state index in [-0.39, 0.29) is 5.91 Å². The molecule has 2 aliphatic rings. The van der Waals surface area contributed by atoms with Gasteiger partial charge in [-0.3, -0.25) is 4.79 Å². The molecule has 140 valence electrons. The topological polar surface area (TPSA) is 78.2 Å². The first-order valence-corrected chi connectivity index (χ1v) is 10.4. The van der Waals surface area contributed by atoms with E-state index in [1.165, 1.54) is 4.31 Å². The Kier molecular flexibility index (Phi) is 4.45. The van der Waals surface area contributed by atoms with Crippen molar-refractivity contribution in [2.24, 2.45) is 0 Å². The molecule has 0 unspecified atom stereocenters. The molecule has 0 aromatic carbocycles. The van der Waals surface area contributed by atoms with Crippen LogP contribution in [0.2, 0.25) is 0 Å². The number of pyridine rings is 1. The van der Waals surface area contributed by atoms with Gasteiger partial charge in [0.15, 0.2) is 0 Å². The van der Waals surface area contributed by atoms with Crippen LogP contribution in [0.4, 0.5) is 0 Å². The summed E-state index contributed by atoms with van der Waals surface area (Å²) in [7, 11) is -3.39. The fourth-order valence-corrected chi connectivity index (χ4v) is 5.29. The Balaban J connectivity index is 1.45. The molecule has 1 amide bonds. The molecule has 4 rings (SSSR count). The van der Waals surface area contributed by atoms with E-state index >= 15 is 0 Å². The average Bonchev–Trinajstić information content (AvgIpc) is 3.32. The van der Waals surface area contributed by atoms with Gasteiger partial charge in [0.2, 0.25) is 0 Å². The number of hydrogen-bond acceptors (Lipinski definition) is 4. The lowest BCUT2D eigenvalue weighted by molar-refractivity contribution is 0.0689. The first-order chi connectivity index (χ1) is 12.5. The molecule has 26 heavy (non-hydrogen) atoms. The number of piperazine rings is 1. The number of amides is 1. The summed E-state index contributed by atoms with van der Waals surface area (Å²) in [6.45, 7) is 4.59. The molecule has 0 aliphatic carbocycles. The minimum absolute atomic E-state index is 0.147. The van der Waals surface area contributed by atoms with Crippen molar-refractivity contribution in [1.82, 2.24) is 22.9 Å². The number of aryl methyl sites for hydroxylation is 1. The molecule has 0 spiro atoms. The summed E-state index contributed by atoms with van der Waals surface area (Å²) < 4.78 is 30.1. The van der Waals surface area contributed by atoms with E-state index in [4.69, 9.17) is 0 Å². The summed E-state index contributed by atoms with van der Waals surface area (Å²) in [5.74, 6) is -0.147. The van der Waals surface area contributed by atoms with Crippen molar-refractivity contribution >= 4 is 21.8 Å². The smallest absolute Gasteiger partial charge is 0.282 e. The number of imidazole rings is 1. The van der Waals surface area contributed by atoms with Crippen LogP contribution in [0.1, 0.15) is 28.9 Å². The van der Waals surface area contributed by atoms with Crippen LogP contribution in [-0.4, -0.2) is 76.5 Å². The quantitative estimate of drug-likeness (QED) is 0.790. The Morgan fingerprint density at radius 1 is 1.04 bits per heavy atom. The zero-order valence-corrected chi connectivity index (χ0v) is 15.7. The van der Waals surface area contributed by atoms with Crippen LogP contribution in [0.3, 0.4) is 0 Å². The van der Waals surface area contributed by atoms with Crippen LogP contribution in [0.15, 0.2) is 24.5 Å². The van der Waals surface area contributed by atoms with Crippen molar-refractivity contribution in [1.29, 1.82) is 0 Å². The van der Waals surface area contributed by atoms with Gasteiger partial charge in [0, 0.05) is 51.7 Å². The first-order valence-electron chi connectivity index (χ1n) is 8.95. The Morgan fingerprint density at radius 3 is 2.35 bits per heavy atom. The number of rotatable bonds is 3. The van der Waals surface area contributed by atoms with Crippen molar-refractivity contribution in [3.05, 3.63) is 35.8 Å². The van der Waals surface area contributed by atoms with Crippen LogP contribution < -0.4 is 0 Å². The van der Waals surface area contributed by atoms with Gasteiger partial charge >= 0.3 is 0 Å². The maximum atomic E-state index is 12.8. The summed E-state index contributed by atoms with van der Waals surface area (Å²) >= 11 is 0. The summed E-state index contributed by atoms with van der Waals surface area (Å²) in [6.07, 6.45) is 5.45. The summed E-state index contributed by atoms with van der Waals surface area (Å²) in [6, 6.07) is 3.87. The Morgan fingerprint density at radius 2 is 1.69 bits per heavy atom. The summed E-state index contributed by atoms with van der Waals surface area (Å²) in [4.78, 5) is 18.9. The molecule has 0 N–H and O–H groups in total. The van der Waals surface area contributed by atoms with Gasteiger partial charge in [-0.2, -0.15) is 17.0 Å². The van der Waals surface area contributed by atoms with Crippen LogP contribution in [-0.2, 0) is 10.2 Å². The number of hydrogen-bond donors (Lipinski definition) is 0. The van der Waals surface area contributed by atoms with Crippen LogP contribution >= 0.6 is 0 Å². The maximum absolute atomic E-state index is 12.8. The van der Waals surface area contributed by atoms with Gasteiger partial charge in [-0.05, 0) is 31.4 Å². The molecule has 0 radical (unpaired) electrons. The third kappa shape index (κ3) is 3.00. The first kappa shape index (κ1) is 17.4. The van der Waals surface area contributed by atoms with Crippen LogP contribution in [0.25, 0.3) is 5.65 Å². The molecular weight excluding hydrogens is 354 g/mol. The van der Waals surface area contributed by atoms with Gasteiger partial charge in [0.05, 0.1) is 0 Å². The van der Waals surface area contributed by atoms with E-state index in [0.29, 0.717) is 45.0 Å². The number of fused-ring (bicyclic) bond motifs is 1. The summed E-state index contributed by atoms with van der Waals surface area (Å²) in [5, 5.41) is 0. The van der Waals surface area contributed by atoms with Gasteiger partial charge in [-0.25, -0.2) is 4.98 Å². The molecule has 9 heteroatoms. The fraction of sp³-hybridized carbons (Fsp3) is 0.529. The molecule has 0 atom stereocenters. The SMILES string of the molecule is Cc1cccn2cc(C(=O)N3CCN(S(=O)(=O)N4CCCC4)CC3)nc12. The van der Waals surface area contributed by atoms with Gasteiger partial charge in [-0.15, -0.1) is 0 Å². The Bertz CT molecular complexity index is 925. The predicted molar refractivity (Wildman–Crippen MR) is 97.1 cm³/mol. The second-order valence-electron chi connectivity index (χ2n) is 6.85. The fourth-order valence-electron chi connectivity index (χ4n) is 3.62. The second-order valence-corrected chi connectivity index (χ2v) is 8.78. The standard InChI is InChI=1S/C17H23N5O3S/c1-14-5-4-6-20-13-15(18-16(14)20)17(23)19-9-11-22(12-10-19)26(24,25)21-7-2-3-8-21/h4-6,13H,2-3,7-12H2,1H3. The van der Waals surface area contributed by atoms with Crippen molar-refractivity contribution in [2.45, 2.75) is 19.8 Å². The lowest BCUT2D eigenvalue weighted by Crippen LogP contribution is -2.53. The molecule has 2 aromatic rings. The highest BCUT2D eigenvalue weighted by Gasteiger charge is 2.35. The molecule has 2 saturated heterocycles. The predicted octanol–water partition coefficient (Wildman–Crippen LogP) is 0.741. The van der Waals surface area contributed by atoms with E-state index in [9.17, 15) is 13.2 Å². The minimum Gasteiger partial charge on any atom is -0.335 e. The number of nitrogens with zero attached hydrogens (tertiary/aromatic N) is 5. The second kappa shape index (κ2) is 6.64. The third-order valence-corrected chi connectivity index (χ3v) is 7.18. The van der Waals surface area contributed by atoms with Gasteiger partial charge in [-0.1, -0.05) is 6.07 Å². The Labute approximate surface area is 153 Å². The molecular formula is C17H23N5O3S. The van der Waals surface area contributed by atoms with Crippen molar-refractivity contribution < 1.29 is 13.2 Å². The average molecular weight is 377 g/mol. The lowest BCUT2D eigenvalue weighted by Gasteiger charge is -2.35. The molecule has 2 fully saturated rings. The molecule has 0 bridgehead atoms. The van der Waals surface area contributed by atoms with Crippen molar-refractivity contribution in [3.63, 3.8) is 0 Å². The number of carbonyl (C=O) groups excluding carboxylic acids is 1. The molecule has 2 aliphatic heterocycles. The highest BCUT2D eigenvalue weighted by molar-refractivity contribution is 7.86. The van der Waals surface area contributed by atoms with E-state index in [0.717, 1.165) is 24.1 Å². The highest BCUT2D eigenvalue weighted by atomic mass is 32.2. The van der Waals surface area contributed by atoms with E-state index in [2.05, 4.69) is 4.98 Å². The zero-order chi connectivity index (χ0) is 18.3. The molecule has 8 nitrogen and oxygen atoms in total. The lowest BCUT2D eigenvalue weighted by atomic mass is 10.3. The zero-order valence-electron chi connectivity index (χ0n) is 14.8. The van der Waals surface area contributed by atoms with Gasteiger partial charge in [0.25, 0.3) is 16.1 Å². The van der Waals surface area contributed by atoms with Crippen molar-refractivity contribution in [3.8, 4) is 0 Å². The number of aromatic nitrogens is 2. The Hall–Kier alpha value is -1.97. The minimum atomic E-state index is -3.39. The number of carbonyl (C=O) groups is 1. The highest BCUT2D eigenvalue weighted by Crippen LogP contribution is 2.19. The third-order valence-electron chi connectivity index (χ3n) is 5.14. The van der Waals surface area contributed by atoms with Crippen molar-refractivity contribution in [2.75, 3.05) is 39.3 Å². The summed E-state index contributed by atoms with van der Waals surface area (Å²) in [5.41, 5.74) is 2.18. The molecule has 4 heterocycles.